The van der Waals surface area contributed by atoms with Crippen molar-refractivity contribution in [1.82, 2.24) is 0 Å². The van der Waals surface area contributed by atoms with Crippen molar-refractivity contribution in [3.05, 3.63) is 0 Å². The van der Waals surface area contributed by atoms with E-state index in [9.17, 15) is 0 Å². The molecule has 0 aromatic heterocycles. The summed E-state index contributed by atoms with van der Waals surface area (Å²) < 4.78 is 41.6. The van der Waals surface area contributed by atoms with Crippen LogP contribution in [0.15, 0.2) is 0 Å². The summed E-state index contributed by atoms with van der Waals surface area (Å²) in [6.07, 6.45) is 25.6. The van der Waals surface area contributed by atoms with E-state index in [0.29, 0.717) is 0 Å². The molecule has 0 N–H and O–H groups in total. The minimum atomic E-state index is -4.10. The average molecular weight is 819 g/mol. The van der Waals surface area contributed by atoms with E-state index >= 15 is 4.57 Å². The van der Waals surface area contributed by atoms with E-state index in [1.54, 1.807) is 0 Å². The van der Waals surface area contributed by atoms with Crippen LogP contribution in [0.25, 0.3) is 0 Å². The molecule has 56 heavy (non-hydrogen) atoms. The third kappa shape index (κ3) is 20.0. The SMILES string of the molecule is CCCC[N+](CCCC)(CCCC)C(CCC)OP(=O)(OC(CCC)[N+](CCCC)(CCCC)CCCC)OC(CCC)[N+](CCCC)(CCCC)CCCC. The summed E-state index contributed by atoms with van der Waals surface area (Å²) in [4.78, 5) is 0. The van der Waals surface area contributed by atoms with Crippen LogP contribution in [0.5, 0.6) is 0 Å². The highest BCUT2D eigenvalue weighted by molar-refractivity contribution is 7.48. The molecule has 8 heteroatoms. The fourth-order valence-electron chi connectivity index (χ4n) is 9.10. The maximum atomic E-state index is 16.6. The zero-order valence-corrected chi connectivity index (χ0v) is 41.4. The first-order valence-corrected chi connectivity index (χ1v) is 26.7. The van der Waals surface area contributed by atoms with Crippen molar-refractivity contribution in [3.8, 4) is 0 Å². The average Bonchev–Trinajstić information content (AvgIpc) is 3.20. The minimum absolute atomic E-state index is 0.215. The van der Waals surface area contributed by atoms with E-state index < -0.39 is 7.82 Å². The normalized spacial score (nSPS) is 15.6. The molecule has 0 aliphatic carbocycles. The second-order valence-electron chi connectivity index (χ2n) is 17.8. The van der Waals surface area contributed by atoms with Gasteiger partial charge in [0.25, 0.3) is 0 Å². The lowest BCUT2D eigenvalue weighted by atomic mass is 10.1. The third-order valence-electron chi connectivity index (χ3n) is 12.8. The van der Waals surface area contributed by atoms with Crippen molar-refractivity contribution in [2.24, 2.45) is 0 Å². The molecule has 0 radical (unpaired) electrons. The molecule has 0 rings (SSSR count). The van der Waals surface area contributed by atoms with Crippen molar-refractivity contribution in [2.75, 3.05) is 58.9 Å². The quantitative estimate of drug-likeness (QED) is 0.0350. The molecule has 0 saturated heterocycles. The molecule has 0 bridgehead atoms. The van der Waals surface area contributed by atoms with Gasteiger partial charge in [-0.15, -0.1) is 0 Å². The van der Waals surface area contributed by atoms with Gasteiger partial charge in [-0.05, 0) is 77.0 Å². The van der Waals surface area contributed by atoms with E-state index in [-0.39, 0.29) is 18.7 Å². The molecule has 0 amide bonds. The lowest BCUT2D eigenvalue weighted by Crippen LogP contribution is -2.60. The Morgan fingerprint density at radius 3 is 0.589 bits per heavy atom. The Bertz CT molecular complexity index is 757. The maximum absolute atomic E-state index is 16.6. The molecule has 0 aromatic rings. The summed E-state index contributed by atoms with van der Waals surface area (Å²) >= 11 is 0. The van der Waals surface area contributed by atoms with Crippen LogP contribution in [0.4, 0.5) is 0 Å². The molecule has 0 saturated carbocycles. The van der Waals surface area contributed by atoms with Gasteiger partial charge in [0.05, 0.1) is 58.9 Å². The van der Waals surface area contributed by atoms with Crippen LogP contribution in [0, 0.1) is 0 Å². The zero-order chi connectivity index (χ0) is 42.2. The Kier molecular flexibility index (Phi) is 33.7. The van der Waals surface area contributed by atoms with Gasteiger partial charge in [0.2, 0.25) is 18.7 Å². The van der Waals surface area contributed by atoms with Crippen LogP contribution in [-0.4, -0.2) is 91.0 Å². The van der Waals surface area contributed by atoms with Crippen LogP contribution >= 0.6 is 7.82 Å². The second kappa shape index (κ2) is 33.7. The number of phosphoric ester groups is 1. The number of unbranched alkanes of at least 4 members (excludes halogenated alkanes) is 9. The van der Waals surface area contributed by atoms with E-state index in [0.717, 1.165) is 226 Å². The van der Waals surface area contributed by atoms with Gasteiger partial charge < -0.3 is 0 Å². The fraction of sp³-hybridized carbons (Fsp3) is 1.00. The molecule has 338 valence electrons. The molecule has 7 nitrogen and oxygen atoms in total. The van der Waals surface area contributed by atoms with Gasteiger partial charge in [0.15, 0.2) is 0 Å². The van der Waals surface area contributed by atoms with Gasteiger partial charge in [-0.25, -0.2) is 18.1 Å². The monoisotopic (exact) mass is 819 g/mol. The van der Waals surface area contributed by atoms with Crippen LogP contribution in [0.3, 0.4) is 0 Å². The van der Waals surface area contributed by atoms with Crippen molar-refractivity contribution in [2.45, 2.75) is 256 Å². The van der Waals surface area contributed by atoms with Crippen molar-refractivity contribution < 1.29 is 31.6 Å². The minimum Gasteiger partial charge on any atom is -0.298 e. The third-order valence-corrected chi connectivity index (χ3v) is 14.3. The Morgan fingerprint density at radius 2 is 0.464 bits per heavy atom. The molecule has 0 aliphatic rings. The van der Waals surface area contributed by atoms with Gasteiger partial charge in [-0.3, -0.25) is 13.4 Å². The van der Waals surface area contributed by atoms with Crippen molar-refractivity contribution in [3.63, 3.8) is 0 Å². The summed E-state index contributed by atoms with van der Waals surface area (Å²) in [5.41, 5.74) is 0. The molecule has 0 spiro atoms. The van der Waals surface area contributed by atoms with Crippen LogP contribution in [0.1, 0.15) is 237 Å². The Morgan fingerprint density at radius 1 is 0.304 bits per heavy atom. The van der Waals surface area contributed by atoms with Gasteiger partial charge in [0.1, 0.15) is 0 Å². The van der Waals surface area contributed by atoms with Gasteiger partial charge in [-0.1, -0.05) is 141 Å². The van der Waals surface area contributed by atoms with Gasteiger partial charge in [-0.2, -0.15) is 0 Å². The number of phosphoric acid groups is 1. The maximum Gasteiger partial charge on any atom is 0.488 e. The number of rotatable bonds is 42. The molecule has 0 heterocycles. The van der Waals surface area contributed by atoms with Gasteiger partial charge in [0, 0.05) is 19.3 Å². The summed E-state index contributed by atoms with van der Waals surface area (Å²) in [5.74, 6) is 0. The highest BCUT2D eigenvalue weighted by atomic mass is 31.2. The fourth-order valence-corrected chi connectivity index (χ4v) is 11.1. The standard InChI is InChI=1S/C48H105N3O4P/c1-13-25-37-49(38-26-14-2,39-27-15-3)46(34-22-10)53-56(52,54-47(35-23-11)50(40-28-16-4,41-29-17-5)42-30-18-6)55-48(36-24-12)51(43-31-19-7,44-32-20-8)45-33-21-9/h46-48H,13-45H2,1-12H3/q+3. The first kappa shape index (κ1) is 56.0. The molecule has 0 aliphatic heterocycles. The topological polar surface area (TPSA) is 44.8 Å². The van der Waals surface area contributed by atoms with Crippen LogP contribution in [-0.2, 0) is 18.1 Å². The number of nitrogens with zero attached hydrogens (tertiary/aromatic N) is 3. The lowest BCUT2D eigenvalue weighted by Gasteiger charge is -2.49. The smallest absolute Gasteiger partial charge is 0.298 e. The summed E-state index contributed by atoms with van der Waals surface area (Å²) in [5, 5.41) is 0. The molecule has 3 unspecified atom stereocenters. The Hall–Kier alpha value is -0.0100. The largest absolute Gasteiger partial charge is 0.488 e. The van der Waals surface area contributed by atoms with Crippen molar-refractivity contribution in [1.29, 1.82) is 0 Å². The van der Waals surface area contributed by atoms with Crippen LogP contribution < -0.4 is 0 Å². The zero-order valence-electron chi connectivity index (χ0n) is 40.5. The summed E-state index contributed by atoms with van der Waals surface area (Å²) in [7, 11) is -4.10. The number of hydrogen-bond acceptors (Lipinski definition) is 4. The van der Waals surface area contributed by atoms with E-state index in [4.69, 9.17) is 13.6 Å². The van der Waals surface area contributed by atoms with E-state index in [2.05, 4.69) is 83.1 Å². The predicted molar refractivity (Wildman–Crippen MR) is 246 cm³/mol. The Labute approximate surface area is 353 Å². The first-order valence-electron chi connectivity index (χ1n) is 25.3. The number of hydrogen-bond donors (Lipinski definition) is 0. The highest BCUT2D eigenvalue weighted by Crippen LogP contribution is 2.57. The number of quaternary nitrogens is 3. The Balaban J connectivity index is 8.07. The van der Waals surface area contributed by atoms with E-state index in [1.807, 2.05) is 0 Å². The van der Waals surface area contributed by atoms with Crippen molar-refractivity contribution >= 4 is 7.82 Å². The van der Waals surface area contributed by atoms with Gasteiger partial charge >= 0.3 is 7.82 Å². The first-order chi connectivity index (χ1) is 27.0. The lowest BCUT2D eigenvalue weighted by molar-refractivity contribution is -0.975. The molecular weight excluding hydrogens is 714 g/mol. The molecule has 3 atom stereocenters. The second-order valence-corrected chi connectivity index (χ2v) is 19.4. The van der Waals surface area contributed by atoms with E-state index in [1.165, 1.54) is 0 Å². The molecular formula is C48H105N3O4P+3. The van der Waals surface area contributed by atoms with Crippen LogP contribution in [0.2, 0.25) is 0 Å². The summed E-state index contributed by atoms with van der Waals surface area (Å²) in [6.45, 7) is 37.2. The molecule has 0 aromatic carbocycles. The predicted octanol–water partition coefficient (Wildman–Crippen LogP) is 15.2. The molecule has 0 fully saturated rings. The summed E-state index contributed by atoms with van der Waals surface area (Å²) in [6, 6.07) is 0. The highest BCUT2D eigenvalue weighted by Gasteiger charge is 2.51.